The minimum atomic E-state index is -0.0582. The molecule has 7 heteroatoms. The van der Waals surface area contributed by atoms with Gasteiger partial charge in [-0.3, -0.25) is 0 Å². The van der Waals surface area contributed by atoms with Crippen LogP contribution in [-0.2, 0) is 0 Å². The van der Waals surface area contributed by atoms with Crippen LogP contribution in [0.25, 0.3) is 0 Å². The van der Waals surface area contributed by atoms with Crippen LogP contribution in [0.15, 0.2) is 182 Å². The number of aromatic hydroxyl groups is 1. The third-order valence-electron chi connectivity index (χ3n) is 17.7. The van der Waals surface area contributed by atoms with Gasteiger partial charge in [0.05, 0.1) is 17.1 Å². The average Bonchev–Trinajstić information content (AvgIpc) is 3.35. The maximum absolute atomic E-state index is 10.9. The summed E-state index contributed by atoms with van der Waals surface area (Å²) < 4.78 is 0. The second-order valence-electron chi connectivity index (χ2n) is 22.7. The molecular formula is C71H64B3N3O. The first-order valence-electron chi connectivity index (χ1n) is 27.8. The number of phenols is 1. The smallest absolute Gasteiger partial charge is 0.247 e. The zero-order chi connectivity index (χ0) is 54.0. The van der Waals surface area contributed by atoms with Crippen molar-refractivity contribution in [1.82, 2.24) is 0 Å². The number of hydrogen-bond donors (Lipinski definition) is 1. The summed E-state index contributed by atoms with van der Waals surface area (Å²) in [4.78, 5) is 7.83. The molecule has 10 aromatic rings. The van der Waals surface area contributed by atoms with Gasteiger partial charge in [-0.25, -0.2) is 0 Å². The Kier molecular flexibility index (Phi) is 11.8. The zero-order valence-corrected chi connectivity index (χ0v) is 46.8. The summed E-state index contributed by atoms with van der Waals surface area (Å²) in [6.07, 6.45) is 0. The van der Waals surface area contributed by atoms with Crippen LogP contribution in [0.1, 0.15) is 61.2 Å². The molecule has 0 amide bonds. The topological polar surface area (TPSA) is 30.0 Å². The Morgan fingerprint density at radius 2 is 0.462 bits per heavy atom. The molecule has 13 rings (SSSR count). The predicted molar refractivity (Wildman–Crippen MR) is 338 cm³/mol. The lowest BCUT2D eigenvalue weighted by Crippen LogP contribution is -2.59. The fourth-order valence-electron chi connectivity index (χ4n) is 15.0. The molecule has 0 radical (unpaired) electrons. The molecular weight excluding hydrogens is 943 g/mol. The molecule has 0 aromatic heterocycles. The summed E-state index contributed by atoms with van der Waals surface area (Å²) in [7, 11) is 0. The van der Waals surface area contributed by atoms with Crippen molar-refractivity contribution in [2.75, 3.05) is 14.7 Å². The van der Waals surface area contributed by atoms with Crippen LogP contribution in [0, 0.1) is 76.2 Å². The molecule has 0 fully saturated rings. The van der Waals surface area contributed by atoms with Crippen molar-refractivity contribution >= 4 is 120 Å². The number of fused-ring (bicyclic) bond motifs is 6. The fraction of sp³-hybridized carbons (Fsp3) is 0.155. The normalized spacial score (nSPS) is 13.2. The van der Waals surface area contributed by atoms with Crippen LogP contribution in [0.5, 0.6) is 5.75 Å². The van der Waals surface area contributed by atoms with Gasteiger partial charge in [-0.15, -0.1) is 0 Å². The van der Waals surface area contributed by atoms with E-state index in [0.29, 0.717) is 5.75 Å². The molecule has 78 heavy (non-hydrogen) atoms. The number of hydrogen-bond acceptors (Lipinski definition) is 4. The Morgan fingerprint density at radius 1 is 0.269 bits per heavy atom. The van der Waals surface area contributed by atoms with E-state index < -0.39 is 0 Å². The van der Waals surface area contributed by atoms with Gasteiger partial charge < -0.3 is 19.8 Å². The quantitative estimate of drug-likeness (QED) is 0.168. The van der Waals surface area contributed by atoms with Gasteiger partial charge in [0.15, 0.2) is 0 Å². The molecule has 10 aromatic carbocycles. The van der Waals surface area contributed by atoms with Gasteiger partial charge in [-0.1, -0.05) is 194 Å². The summed E-state index contributed by atoms with van der Waals surface area (Å²) in [6, 6.07) is 68.1. The maximum atomic E-state index is 10.9. The molecule has 0 unspecified atom stereocenters. The molecule has 3 aliphatic heterocycles. The van der Waals surface area contributed by atoms with Gasteiger partial charge >= 0.3 is 0 Å². The van der Waals surface area contributed by atoms with Crippen LogP contribution in [0.4, 0.5) is 51.2 Å². The second kappa shape index (κ2) is 18.7. The lowest BCUT2D eigenvalue weighted by Gasteiger charge is -2.45. The Morgan fingerprint density at radius 3 is 0.679 bits per heavy atom. The summed E-state index contributed by atoms with van der Waals surface area (Å²) in [5.41, 5.74) is 35.8. The molecule has 0 spiro atoms. The van der Waals surface area contributed by atoms with Gasteiger partial charge in [-0.2, -0.15) is 0 Å². The molecule has 3 aliphatic rings. The first-order valence-corrected chi connectivity index (χ1v) is 27.8. The highest BCUT2D eigenvalue weighted by Gasteiger charge is 2.44. The number of benzene rings is 10. The van der Waals surface area contributed by atoms with E-state index in [-0.39, 0.29) is 20.1 Å². The van der Waals surface area contributed by atoms with Crippen LogP contribution in [0.2, 0.25) is 0 Å². The standard InChI is InChI=1S/C71H64B3N3O/c1-42-36-44(3)66(45(4)37-42)72-54-24-12-18-30-60(54)75(61-31-19-13-25-55(61)72)69-50(9)70(76-62-32-20-14-26-56(62)73(57-27-15-21-33-63(57)76)67-46(5)38-43(2)39-47(67)6)52(11)71(51(69)10)77-64-34-22-16-28-58(64)74(59-29-17-23-35-65(59)77)68-48(7)40-53(78)41-49(68)8/h12-41,78H,1-11H3. The minimum Gasteiger partial charge on any atom is -0.508 e. The van der Waals surface area contributed by atoms with Crippen molar-refractivity contribution < 1.29 is 5.11 Å². The molecule has 0 atom stereocenters. The van der Waals surface area contributed by atoms with Gasteiger partial charge in [0.2, 0.25) is 20.1 Å². The number of aryl methyl sites for hydroxylation is 8. The minimum absolute atomic E-state index is 0.0373. The van der Waals surface area contributed by atoms with E-state index in [1.165, 1.54) is 133 Å². The Hall–Kier alpha value is -8.41. The van der Waals surface area contributed by atoms with Crippen molar-refractivity contribution in [2.24, 2.45) is 0 Å². The van der Waals surface area contributed by atoms with Crippen LogP contribution >= 0.6 is 0 Å². The van der Waals surface area contributed by atoms with Crippen molar-refractivity contribution in [3.63, 3.8) is 0 Å². The lowest BCUT2D eigenvalue weighted by atomic mass is 9.33. The molecule has 0 saturated heterocycles. The predicted octanol–water partition coefficient (Wildman–Crippen LogP) is 11.7. The first-order chi connectivity index (χ1) is 37.7. The average molecular weight is 1010 g/mol. The largest absolute Gasteiger partial charge is 0.508 e. The molecule has 378 valence electrons. The summed E-state index contributed by atoms with van der Waals surface area (Å²) in [5, 5.41) is 10.9. The van der Waals surface area contributed by atoms with Crippen molar-refractivity contribution in [1.29, 1.82) is 0 Å². The highest BCUT2D eigenvalue weighted by molar-refractivity contribution is 7.00. The molecule has 4 nitrogen and oxygen atoms in total. The third-order valence-corrected chi connectivity index (χ3v) is 17.7. The van der Waals surface area contributed by atoms with Gasteiger partial charge in [-0.05, 0) is 174 Å². The molecule has 0 saturated carbocycles. The van der Waals surface area contributed by atoms with Crippen LogP contribution in [-0.4, -0.2) is 25.2 Å². The maximum Gasteiger partial charge on any atom is 0.247 e. The van der Waals surface area contributed by atoms with Gasteiger partial charge in [0, 0.05) is 34.1 Å². The third kappa shape index (κ3) is 7.38. The summed E-state index contributed by atoms with van der Waals surface area (Å²) >= 11 is 0. The van der Waals surface area contributed by atoms with E-state index in [4.69, 9.17) is 0 Å². The summed E-state index contributed by atoms with van der Waals surface area (Å²) in [5.74, 6) is 0.298. The van der Waals surface area contributed by atoms with E-state index in [1.54, 1.807) is 0 Å². The number of para-hydroxylation sites is 6. The zero-order valence-electron chi connectivity index (χ0n) is 46.8. The number of anilines is 9. The van der Waals surface area contributed by atoms with Crippen molar-refractivity contribution in [2.45, 2.75) is 76.2 Å². The van der Waals surface area contributed by atoms with E-state index in [9.17, 15) is 5.11 Å². The van der Waals surface area contributed by atoms with E-state index in [0.717, 1.165) is 28.2 Å². The van der Waals surface area contributed by atoms with Crippen molar-refractivity contribution in [3.8, 4) is 5.75 Å². The van der Waals surface area contributed by atoms with Crippen molar-refractivity contribution in [3.05, 3.63) is 243 Å². The van der Waals surface area contributed by atoms with Crippen LogP contribution in [0.3, 0.4) is 0 Å². The second-order valence-corrected chi connectivity index (χ2v) is 22.7. The summed E-state index contributed by atoms with van der Waals surface area (Å²) in [6.45, 7) is 25.1. The molecule has 0 bridgehead atoms. The van der Waals surface area contributed by atoms with E-state index in [1.807, 2.05) is 12.1 Å². The first kappa shape index (κ1) is 49.2. The molecule has 0 aliphatic carbocycles. The molecule has 1 N–H and O–H groups in total. The lowest BCUT2D eigenvalue weighted by molar-refractivity contribution is 0.474. The van der Waals surface area contributed by atoms with Crippen LogP contribution < -0.4 is 63.9 Å². The number of phenolic OH excluding ortho intramolecular Hbond substituents is 1. The van der Waals surface area contributed by atoms with Gasteiger partial charge in [0.25, 0.3) is 0 Å². The molecule has 3 heterocycles. The monoisotopic (exact) mass is 1010 g/mol. The fourth-order valence-corrected chi connectivity index (χ4v) is 15.0. The van der Waals surface area contributed by atoms with E-state index >= 15 is 0 Å². The SMILES string of the molecule is Cc1cc(C)c(B2c3ccccc3N(c3c(C)c(N4c5ccccc5B(c5c(C)cc(C)cc5C)c5ccccc54)c(C)c(N4c5ccccc5B(c5c(C)cc(O)cc5C)c5ccccc54)c3C)c3ccccc32)c(C)c1. The Labute approximate surface area is 462 Å². The highest BCUT2D eigenvalue weighted by atomic mass is 16.3. The van der Waals surface area contributed by atoms with E-state index in [2.05, 4.69) is 261 Å². The number of nitrogens with zero attached hydrogens (tertiary/aromatic N) is 3. The Balaban J connectivity index is 1.14. The highest BCUT2D eigenvalue weighted by Crippen LogP contribution is 2.54. The number of rotatable bonds is 6. The Bertz CT molecular complexity index is 3490. The van der Waals surface area contributed by atoms with Gasteiger partial charge in [0.1, 0.15) is 5.75 Å².